The van der Waals surface area contributed by atoms with E-state index in [0.717, 1.165) is 44.9 Å². The van der Waals surface area contributed by atoms with E-state index >= 15 is 0 Å². The van der Waals surface area contributed by atoms with Crippen LogP contribution in [0.25, 0.3) is 0 Å². The highest BCUT2D eigenvalue weighted by molar-refractivity contribution is 5.72. The van der Waals surface area contributed by atoms with Crippen molar-refractivity contribution in [3.8, 4) is 0 Å². The van der Waals surface area contributed by atoms with Crippen LogP contribution in [0.2, 0.25) is 0 Å². The number of hydrogen-bond acceptors (Lipinski definition) is 7. The van der Waals surface area contributed by atoms with Crippen molar-refractivity contribution in [2.24, 2.45) is 11.3 Å². The molecule has 0 aliphatic heterocycles. The van der Waals surface area contributed by atoms with E-state index in [1.54, 1.807) is 0 Å². The van der Waals surface area contributed by atoms with Gasteiger partial charge in [0.25, 0.3) is 0 Å². The first-order valence-electron chi connectivity index (χ1n) is 14.7. The molecule has 1 unspecified atom stereocenters. The number of rotatable bonds is 28. The molecule has 5 N–H and O–H groups in total. The van der Waals surface area contributed by atoms with Gasteiger partial charge in [0.15, 0.2) is 0 Å². The Kier molecular flexibility index (Phi) is 23.2. The van der Waals surface area contributed by atoms with Crippen molar-refractivity contribution in [1.29, 1.82) is 0 Å². The largest absolute Gasteiger partial charge is 0.481 e. The number of carboxylic acid groups (broad SMARTS) is 2. The van der Waals surface area contributed by atoms with Crippen molar-refractivity contribution in [2.75, 3.05) is 26.4 Å². The topological polar surface area (TPSA) is 162 Å². The Morgan fingerprint density at radius 2 is 0.868 bits per heavy atom. The lowest BCUT2D eigenvalue weighted by atomic mass is 9.92. The standard InChI is InChI=1S/C29H54O9/c30-21-29(22-31,23-32)24-38-28(37)25(18-16-20-27(35)36)17-14-12-10-8-6-4-2-1-3-5-7-9-11-13-15-19-26(33)34/h25,30-32H,1-24H2,(H,33,34)(H,35,36). The Labute approximate surface area is 229 Å². The molecule has 0 saturated carbocycles. The van der Waals surface area contributed by atoms with Gasteiger partial charge in [-0.25, -0.2) is 0 Å². The Morgan fingerprint density at radius 1 is 0.526 bits per heavy atom. The molecule has 0 rings (SSSR count). The van der Waals surface area contributed by atoms with E-state index in [9.17, 15) is 29.7 Å². The van der Waals surface area contributed by atoms with E-state index in [2.05, 4.69) is 0 Å². The van der Waals surface area contributed by atoms with Crippen LogP contribution in [0, 0.1) is 11.3 Å². The van der Waals surface area contributed by atoms with Gasteiger partial charge in [-0.15, -0.1) is 0 Å². The van der Waals surface area contributed by atoms with Crippen LogP contribution in [0.5, 0.6) is 0 Å². The number of aliphatic hydroxyl groups excluding tert-OH is 3. The SMILES string of the molecule is O=C(O)CCCCCCCCCCCCCCCCCC(CCCC(=O)O)C(=O)OCC(CO)(CO)CO. The molecular weight excluding hydrogens is 492 g/mol. The average molecular weight is 547 g/mol. The van der Waals surface area contributed by atoms with Gasteiger partial charge in [0, 0.05) is 12.8 Å². The fourth-order valence-corrected chi connectivity index (χ4v) is 4.47. The van der Waals surface area contributed by atoms with Crippen molar-refractivity contribution in [2.45, 2.75) is 128 Å². The predicted octanol–water partition coefficient (Wildman–Crippen LogP) is 5.08. The minimum Gasteiger partial charge on any atom is -0.481 e. The maximum Gasteiger partial charge on any atom is 0.308 e. The molecule has 0 aromatic heterocycles. The average Bonchev–Trinajstić information content (AvgIpc) is 2.90. The molecule has 0 amide bonds. The molecule has 0 aromatic carbocycles. The van der Waals surface area contributed by atoms with Crippen LogP contribution in [0.3, 0.4) is 0 Å². The third kappa shape index (κ3) is 20.3. The van der Waals surface area contributed by atoms with E-state index in [1.165, 1.54) is 51.4 Å². The number of carbonyl (C=O) groups excluding carboxylic acids is 1. The molecular formula is C29H54O9. The normalized spacial score (nSPS) is 12.4. The number of esters is 1. The Bertz CT molecular complexity index is 597. The number of ether oxygens (including phenoxy) is 1. The summed E-state index contributed by atoms with van der Waals surface area (Å²) in [5.41, 5.74) is -1.27. The number of unbranched alkanes of at least 4 members (excludes halogenated alkanes) is 14. The minimum absolute atomic E-state index is 0.00770. The van der Waals surface area contributed by atoms with Gasteiger partial charge in [-0.05, 0) is 25.7 Å². The number of aliphatic hydroxyl groups is 3. The highest BCUT2D eigenvalue weighted by Gasteiger charge is 2.31. The van der Waals surface area contributed by atoms with E-state index in [-0.39, 0.29) is 19.4 Å². The summed E-state index contributed by atoms with van der Waals surface area (Å²) in [6, 6.07) is 0. The van der Waals surface area contributed by atoms with E-state index in [1.807, 2.05) is 0 Å². The number of aliphatic carboxylic acids is 2. The van der Waals surface area contributed by atoms with Gasteiger partial charge in [-0.1, -0.05) is 89.9 Å². The molecule has 1 atom stereocenters. The summed E-state index contributed by atoms with van der Waals surface area (Å²) in [6.07, 6.45) is 18.7. The number of hydrogen-bond donors (Lipinski definition) is 5. The highest BCUT2D eigenvalue weighted by atomic mass is 16.5. The highest BCUT2D eigenvalue weighted by Crippen LogP contribution is 2.22. The third-order valence-electron chi connectivity index (χ3n) is 7.25. The van der Waals surface area contributed by atoms with Gasteiger partial charge >= 0.3 is 17.9 Å². The lowest BCUT2D eigenvalue weighted by molar-refractivity contribution is -0.157. The molecule has 0 saturated heterocycles. The van der Waals surface area contributed by atoms with Crippen molar-refractivity contribution >= 4 is 17.9 Å². The maximum absolute atomic E-state index is 12.6. The molecule has 9 heteroatoms. The van der Waals surface area contributed by atoms with Gasteiger partial charge in [-0.2, -0.15) is 0 Å². The lowest BCUT2D eigenvalue weighted by Gasteiger charge is -2.27. The fourth-order valence-electron chi connectivity index (χ4n) is 4.47. The minimum atomic E-state index is -1.27. The van der Waals surface area contributed by atoms with E-state index in [0.29, 0.717) is 19.3 Å². The summed E-state index contributed by atoms with van der Waals surface area (Å²) in [7, 11) is 0. The molecule has 0 bridgehead atoms. The Hall–Kier alpha value is -1.71. The molecule has 38 heavy (non-hydrogen) atoms. The van der Waals surface area contributed by atoms with Gasteiger partial charge in [0.2, 0.25) is 0 Å². The fraction of sp³-hybridized carbons (Fsp3) is 0.897. The van der Waals surface area contributed by atoms with Crippen molar-refractivity contribution in [1.82, 2.24) is 0 Å². The first-order chi connectivity index (χ1) is 18.3. The number of carbonyl (C=O) groups is 3. The zero-order valence-corrected chi connectivity index (χ0v) is 23.4. The maximum atomic E-state index is 12.6. The van der Waals surface area contributed by atoms with Crippen LogP contribution in [-0.4, -0.2) is 69.9 Å². The summed E-state index contributed by atoms with van der Waals surface area (Å²) in [4.78, 5) is 33.9. The molecule has 0 aliphatic carbocycles. The van der Waals surface area contributed by atoms with Crippen LogP contribution in [0.15, 0.2) is 0 Å². The van der Waals surface area contributed by atoms with Crippen LogP contribution >= 0.6 is 0 Å². The summed E-state index contributed by atoms with van der Waals surface area (Å²) in [5, 5.41) is 45.7. The van der Waals surface area contributed by atoms with Gasteiger partial charge < -0.3 is 30.3 Å². The van der Waals surface area contributed by atoms with Crippen molar-refractivity contribution in [3.63, 3.8) is 0 Å². The van der Waals surface area contributed by atoms with Crippen LogP contribution < -0.4 is 0 Å². The first kappa shape index (κ1) is 36.3. The lowest BCUT2D eigenvalue weighted by Crippen LogP contribution is -2.40. The van der Waals surface area contributed by atoms with E-state index in [4.69, 9.17) is 14.9 Å². The zero-order chi connectivity index (χ0) is 28.5. The van der Waals surface area contributed by atoms with Gasteiger partial charge in [-0.3, -0.25) is 14.4 Å². The van der Waals surface area contributed by atoms with Crippen molar-refractivity contribution in [3.05, 3.63) is 0 Å². The van der Waals surface area contributed by atoms with Crippen LogP contribution in [0.4, 0.5) is 0 Å². The summed E-state index contributed by atoms with van der Waals surface area (Å²) in [5.74, 6) is -2.49. The zero-order valence-electron chi connectivity index (χ0n) is 23.4. The second kappa shape index (κ2) is 24.3. The summed E-state index contributed by atoms with van der Waals surface area (Å²) >= 11 is 0. The molecule has 0 spiro atoms. The third-order valence-corrected chi connectivity index (χ3v) is 7.25. The summed E-state index contributed by atoms with van der Waals surface area (Å²) < 4.78 is 5.30. The van der Waals surface area contributed by atoms with E-state index < -0.39 is 49.1 Å². The summed E-state index contributed by atoms with van der Waals surface area (Å²) in [6.45, 7) is -1.79. The first-order valence-corrected chi connectivity index (χ1v) is 14.7. The number of carboxylic acids is 2. The van der Waals surface area contributed by atoms with Crippen LogP contribution in [-0.2, 0) is 19.1 Å². The van der Waals surface area contributed by atoms with Crippen molar-refractivity contribution < 1.29 is 44.7 Å². The predicted molar refractivity (Wildman–Crippen MR) is 146 cm³/mol. The molecule has 224 valence electrons. The smallest absolute Gasteiger partial charge is 0.308 e. The van der Waals surface area contributed by atoms with Gasteiger partial charge in [0.05, 0.1) is 31.2 Å². The molecule has 0 aliphatic rings. The van der Waals surface area contributed by atoms with Gasteiger partial charge in [0.1, 0.15) is 6.61 Å². The van der Waals surface area contributed by atoms with Crippen LogP contribution in [0.1, 0.15) is 128 Å². The molecule has 0 radical (unpaired) electrons. The monoisotopic (exact) mass is 546 g/mol. The second-order valence-electron chi connectivity index (χ2n) is 10.8. The quantitative estimate of drug-likeness (QED) is 0.0665. The molecule has 0 fully saturated rings. The molecule has 0 heterocycles. The Balaban J connectivity index is 3.93. The second-order valence-corrected chi connectivity index (χ2v) is 10.8. The Morgan fingerprint density at radius 3 is 1.26 bits per heavy atom. The molecule has 0 aromatic rings. The molecule has 9 nitrogen and oxygen atoms in total.